The first-order valence-electron chi connectivity index (χ1n) is 4.35. The van der Waals surface area contributed by atoms with Gasteiger partial charge in [0, 0.05) is 22.4 Å². The van der Waals surface area contributed by atoms with Gasteiger partial charge in [-0.05, 0) is 24.6 Å². The van der Waals surface area contributed by atoms with Crippen molar-refractivity contribution in [3.05, 3.63) is 24.3 Å². The summed E-state index contributed by atoms with van der Waals surface area (Å²) in [6.45, 7) is 2.35. The Hall–Kier alpha value is -0.670. The monoisotopic (exact) mass is 197 g/mol. The fourth-order valence-electron chi connectivity index (χ4n) is 1.06. The summed E-state index contributed by atoms with van der Waals surface area (Å²) in [6, 6.07) is 7.82. The van der Waals surface area contributed by atoms with Gasteiger partial charge in [0.2, 0.25) is 0 Å². The molecule has 0 aliphatic heterocycles. The van der Waals surface area contributed by atoms with E-state index in [0.717, 1.165) is 12.1 Å². The minimum absolute atomic E-state index is 0.247. The number of thioether (sulfide) groups is 1. The van der Waals surface area contributed by atoms with E-state index in [2.05, 4.69) is 6.92 Å². The number of aliphatic hydroxyl groups excluding tert-OH is 1. The molecule has 0 saturated carbocycles. The van der Waals surface area contributed by atoms with Gasteiger partial charge in [0.25, 0.3) is 0 Å². The Morgan fingerprint density at radius 2 is 2.31 bits per heavy atom. The third-order valence-corrected chi connectivity index (χ3v) is 2.90. The smallest absolute Gasteiger partial charge is 0.0441 e. The van der Waals surface area contributed by atoms with Crippen molar-refractivity contribution in [2.75, 3.05) is 12.3 Å². The minimum Gasteiger partial charge on any atom is -0.399 e. The summed E-state index contributed by atoms with van der Waals surface area (Å²) in [5.41, 5.74) is 6.44. The normalized spacial score (nSPS) is 12.8. The van der Waals surface area contributed by atoms with E-state index in [1.807, 2.05) is 24.3 Å². The van der Waals surface area contributed by atoms with Gasteiger partial charge in [-0.1, -0.05) is 13.0 Å². The van der Waals surface area contributed by atoms with Crippen LogP contribution in [0.1, 0.15) is 13.3 Å². The molecule has 1 unspecified atom stereocenters. The van der Waals surface area contributed by atoms with Gasteiger partial charge in [-0.2, -0.15) is 0 Å². The molecule has 3 heteroatoms. The van der Waals surface area contributed by atoms with Crippen LogP contribution in [0, 0.1) is 0 Å². The topological polar surface area (TPSA) is 46.2 Å². The fraction of sp³-hybridized carbons (Fsp3) is 0.400. The lowest BCUT2D eigenvalue weighted by Gasteiger charge is -2.09. The van der Waals surface area contributed by atoms with Gasteiger partial charge in [0.15, 0.2) is 0 Å². The third-order valence-electron chi connectivity index (χ3n) is 1.73. The van der Waals surface area contributed by atoms with Crippen LogP contribution in [-0.2, 0) is 0 Å². The molecule has 1 atom stereocenters. The Kier molecular flexibility index (Phi) is 4.12. The highest BCUT2D eigenvalue weighted by molar-refractivity contribution is 7.99. The molecule has 0 radical (unpaired) electrons. The van der Waals surface area contributed by atoms with E-state index in [4.69, 9.17) is 10.8 Å². The Labute approximate surface area is 83.1 Å². The predicted molar refractivity (Wildman–Crippen MR) is 57.9 cm³/mol. The second kappa shape index (κ2) is 5.14. The lowest BCUT2D eigenvalue weighted by molar-refractivity contribution is 0.289. The van der Waals surface area contributed by atoms with Gasteiger partial charge in [-0.3, -0.25) is 0 Å². The summed E-state index contributed by atoms with van der Waals surface area (Å²) in [7, 11) is 0. The van der Waals surface area contributed by atoms with Crippen LogP contribution in [-0.4, -0.2) is 17.0 Å². The molecule has 0 fully saturated rings. The van der Waals surface area contributed by atoms with Crippen molar-refractivity contribution in [3.63, 3.8) is 0 Å². The molecule has 0 bridgehead atoms. The molecular formula is C10H15NOS. The molecule has 0 saturated heterocycles. The van der Waals surface area contributed by atoms with Crippen molar-refractivity contribution in [3.8, 4) is 0 Å². The summed E-state index contributed by atoms with van der Waals surface area (Å²) in [4.78, 5) is 1.17. The molecule has 72 valence electrons. The van der Waals surface area contributed by atoms with Gasteiger partial charge >= 0.3 is 0 Å². The fourth-order valence-corrected chi connectivity index (χ4v) is 2.11. The number of nitrogen functional groups attached to an aromatic ring is 1. The van der Waals surface area contributed by atoms with E-state index in [-0.39, 0.29) is 6.61 Å². The van der Waals surface area contributed by atoms with Crippen LogP contribution in [0.2, 0.25) is 0 Å². The van der Waals surface area contributed by atoms with Gasteiger partial charge in [-0.15, -0.1) is 11.8 Å². The highest BCUT2D eigenvalue weighted by Gasteiger charge is 2.03. The van der Waals surface area contributed by atoms with Crippen LogP contribution >= 0.6 is 11.8 Å². The summed E-state index contributed by atoms with van der Waals surface area (Å²) in [5.74, 6) is 0. The summed E-state index contributed by atoms with van der Waals surface area (Å²) < 4.78 is 0. The number of hydrogen-bond acceptors (Lipinski definition) is 3. The molecule has 2 nitrogen and oxygen atoms in total. The first-order valence-corrected chi connectivity index (χ1v) is 5.23. The molecular weight excluding hydrogens is 182 g/mol. The predicted octanol–water partition coefficient (Wildman–Crippen LogP) is 2.13. The second-order valence-electron chi connectivity index (χ2n) is 3.01. The summed E-state index contributed by atoms with van der Waals surface area (Å²) >= 11 is 1.74. The zero-order valence-electron chi connectivity index (χ0n) is 7.73. The van der Waals surface area contributed by atoms with Gasteiger partial charge in [-0.25, -0.2) is 0 Å². The van der Waals surface area contributed by atoms with Crippen molar-refractivity contribution in [2.45, 2.75) is 23.5 Å². The van der Waals surface area contributed by atoms with Gasteiger partial charge < -0.3 is 10.8 Å². The lowest BCUT2D eigenvalue weighted by atomic mass is 10.3. The van der Waals surface area contributed by atoms with Crippen LogP contribution in [0.5, 0.6) is 0 Å². The van der Waals surface area contributed by atoms with Crippen LogP contribution in [0.4, 0.5) is 5.69 Å². The number of rotatable bonds is 4. The Balaban J connectivity index is 2.53. The van der Waals surface area contributed by atoms with Crippen LogP contribution < -0.4 is 5.73 Å². The molecule has 0 aromatic heterocycles. The molecule has 1 aromatic carbocycles. The Morgan fingerprint density at radius 3 is 2.92 bits per heavy atom. The average Bonchev–Trinajstić information content (AvgIpc) is 2.04. The van der Waals surface area contributed by atoms with Crippen molar-refractivity contribution in [1.82, 2.24) is 0 Å². The maximum absolute atomic E-state index is 8.73. The third kappa shape index (κ3) is 3.70. The Bertz CT molecular complexity index is 265. The molecule has 0 aliphatic rings. The average molecular weight is 197 g/mol. The number of hydrogen-bond donors (Lipinski definition) is 2. The summed E-state index contributed by atoms with van der Waals surface area (Å²) in [6.07, 6.45) is 0.819. The highest BCUT2D eigenvalue weighted by Crippen LogP contribution is 2.25. The zero-order valence-corrected chi connectivity index (χ0v) is 8.55. The van der Waals surface area contributed by atoms with Crippen LogP contribution in [0.25, 0.3) is 0 Å². The highest BCUT2D eigenvalue weighted by atomic mass is 32.2. The SMILES string of the molecule is CC(CCO)Sc1cccc(N)c1. The van der Waals surface area contributed by atoms with E-state index in [1.54, 1.807) is 11.8 Å². The maximum atomic E-state index is 8.73. The molecule has 0 heterocycles. The van der Waals surface area contributed by atoms with E-state index in [0.29, 0.717) is 5.25 Å². The first kappa shape index (κ1) is 10.4. The molecule has 0 aliphatic carbocycles. The van der Waals surface area contributed by atoms with Crippen LogP contribution in [0.15, 0.2) is 29.2 Å². The Morgan fingerprint density at radius 1 is 1.54 bits per heavy atom. The zero-order chi connectivity index (χ0) is 9.68. The van der Waals surface area contributed by atoms with E-state index >= 15 is 0 Å². The number of aliphatic hydroxyl groups is 1. The summed E-state index contributed by atoms with van der Waals surface area (Å²) in [5, 5.41) is 9.17. The molecule has 13 heavy (non-hydrogen) atoms. The standard InChI is InChI=1S/C10H15NOS/c1-8(5-6-12)13-10-4-2-3-9(11)7-10/h2-4,7-8,12H,5-6,11H2,1H3. The van der Waals surface area contributed by atoms with E-state index in [1.165, 1.54) is 4.90 Å². The van der Waals surface area contributed by atoms with Crippen molar-refractivity contribution in [1.29, 1.82) is 0 Å². The maximum Gasteiger partial charge on any atom is 0.0441 e. The number of benzene rings is 1. The molecule has 0 amide bonds. The van der Waals surface area contributed by atoms with E-state index < -0.39 is 0 Å². The van der Waals surface area contributed by atoms with Gasteiger partial charge in [0.05, 0.1) is 0 Å². The van der Waals surface area contributed by atoms with Crippen molar-refractivity contribution >= 4 is 17.4 Å². The molecule has 1 rings (SSSR count). The molecule has 1 aromatic rings. The van der Waals surface area contributed by atoms with Crippen molar-refractivity contribution < 1.29 is 5.11 Å². The van der Waals surface area contributed by atoms with Crippen molar-refractivity contribution in [2.24, 2.45) is 0 Å². The van der Waals surface area contributed by atoms with Gasteiger partial charge in [0.1, 0.15) is 0 Å². The van der Waals surface area contributed by atoms with Crippen LogP contribution in [0.3, 0.4) is 0 Å². The minimum atomic E-state index is 0.247. The number of nitrogens with two attached hydrogens (primary N) is 1. The first-order chi connectivity index (χ1) is 6.22. The number of anilines is 1. The lowest BCUT2D eigenvalue weighted by Crippen LogP contribution is -1.98. The largest absolute Gasteiger partial charge is 0.399 e. The molecule has 0 spiro atoms. The molecule has 3 N–H and O–H groups in total. The van der Waals surface area contributed by atoms with E-state index in [9.17, 15) is 0 Å². The second-order valence-corrected chi connectivity index (χ2v) is 4.53. The quantitative estimate of drug-likeness (QED) is 0.574.